The molecule has 1 fully saturated rings. The normalized spacial score (nSPS) is 19.0. The van der Waals surface area contributed by atoms with Gasteiger partial charge in [0.1, 0.15) is 5.75 Å². The number of sulfonamides is 1. The van der Waals surface area contributed by atoms with Crippen molar-refractivity contribution in [1.29, 1.82) is 0 Å². The van der Waals surface area contributed by atoms with E-state index in [-0.39, 0.29) is 36.1 Å². The number of benzene rings is 1. The lowest BCUT2D eigenvalue weighted by Crippen LogP contribution is -2.46. The first-order valence-electron chi connectivity index (χ1n) is 9.87. The van der Waals surface area contributed by atoms with Gasteiger partial charge >= 0.3 is 0 Å². The molecular weight excluding hydrogens is 503 g/mol. The van der Waals surface area contributed by atoms with Crippen LogP contribution in [0.1, 0.15) is 45.2 Å². The van der Waals surface area contributed by atoms with Gasteiger partial charge in [-0.15, -0.1) is 24.0 Å². The standard InChI is InChI=1S/C20H34N4O3S.HI/c1-15(2)14-27-19-10-8-17(9-11-19)16(3)23-20(21-4)22-13-18-7-6-12-24(18)28(5,25)26;/h8-11,15-16,18H,6-7,12-14H2,1-5H3,(H2,21,22,23);1H/t16?,18-;/m1./s1. The Morgan fingerprint density at radius 2 is 1.93 bits per heavy atom. The Hall–Kier alpha value is -1.07. The van der Waals surface area contributed by atoms with Crippen LogP contribution in [0, 0.1) is 5.92 Å². The molecule has 1 heterocycles. The Morgan fingerprint density at radius 1 is 1.28 bits per heavy atom. The SMILES string of the molecule is CN=C(NC[C@H]1CCCN1S(C)(=O)=O)NC(C)c1ccc(OCC(C)C)cc1.I. The Balaban J connectivity index is 0.00000420. The van der Waals surface area contributed by atoms with Crippen LogP contribution in [0.25, 0.3) is 0 Å². The molecule has 1 aliphatic heterocycles. The number of hydrogen-bond donors (Lipinski definition) is 2. The molecule has 2 rings (SSSR count). The molecule has 1 unspecified atom stereocenters. The van der Waals surface area contributed by atoms with Crippen LogP contribution in [-0.4, -0.2) is 57.7 Å². The molecule has 1 saturated heterocycles. The summed E-state index contributed by atoms with van der Waals surface area (Å²) in [7, 11) is -1.45. The first-order valence-corrected chi connectivity index (χ1v) is 11.7. The molecular formula is C20H35IN4O3S. The third-order valence-corrected chi connectivity index (χ3v) is 6.13. The summed E-state index contributed by atoms with van der Waals surface area (Å²) in [4.78, 5) is 4.27. The van der Waals surface area contributed by atoms with Crippen molar-refractivity contribution in [2.24, 2.45) is 10.9 Å². The van der Waals surface area contributed by atoms with Crippen molar-refractivity contribution < 1.29 is 13.2 Å². The third kappa shape index (κ3) is 8.29. The van der Waals surface area contributed by atoms with Crippen molar-refractivity contribution in [1.82, 2.24) is 14.9 Å². The van der Waals surface area contributed by atoms with Gasteiger partial charge in [0.2, 0.25) is 10.0 Å². The van der Waals surface area contributed by atoms with E-state index in [0.717, 1.165) is 24.2 Å². The van der Waals surface area contributed by atoms with Crippen LogP contribution < -0.4 is 15.4 Å². The highest BCUT2D eigenvalue weighted by Crippen LogP contribution is 2.20. The molecule has 2 atom stereocenters. The second kappa shape index (κ2) is 11.9. The molecule has 166 valence electrons. The molecule has 0 radical (unpaired) electrons. The van der Waals surface area contributed by atoms with E-state index in [2.05, 4.69) is 36.4 Å². The molecule has 0 aromatic heterocycles. The highest BCUT2D eigenvalue weighted by Gasteiger charge is 2.31. The van der Waals surface area contributed by atoms with Gasteiger partial charge in [0.05, 0.1) is 18.9 Å². The number of halogens is 1. The van der Waals surface area contributed by atoms with E-state index in [1.165, 1.54) is 6.26 Å². The fraction of sp³-hybridized carbons (Fsp3) is 0.650. The van der Waals surface area contributed by atoms with Gasteiger partial charge in [0.15, 0.2) is 5.96 Å². The highest BCUT2D eigenvalue weighted by atomic mass is 127. The summed E-state index contributed by atoms with van der Waals surface area (Å²) in [6.07, 6.45) is 3.03. The van der Waals surface area contributed by atoms with E-state index >= 15 is 0 Å². The quantitative estimate of drug-likeness (QED) is 0.302. The van der Waals surface area contributed by atoms with Crippen LogP contribution in [0.5, 0.6) is 5.75 Å². The predicted octanol–water partition coefficient (Wildman–Crippen LogP) is 2.99. The Labute approximate surface area is 192 Å². The summed E-state index contributed by atoms with van der Waals surface area (Å²) in [5.74, 6) is 2.02. The molecule has 0 aliphatic carbocycles. The van der Waals surface area contributed by atoms with Gasteiger partial charge in [-0.3, -0.25) is 4.99 Å². The zero-order valence-corrected chi connectivity index (χ0v) is 21.2. The molecule has 1 aromatic rings. The molecule has 29 heavy (non-hydrogen) atoms. The number of hydrogen-bond acceptors (Lipinski definition) is 4. The maximum atomic E-state index is 11.9. The summed E-state index contributed by atoms with van der Waals surface area (Å²) in [5, 5.41) is 6.63. The minimum absolute atomic E-state index is 0. The molecule has 0 amide bonds. The number of nitrogens with one attached hydrogen (secondary N) is 2. The third-order valence-electron chi connectivity index (χ3n) is 4.79. The van der Waals surface area contributed by atoms with Crippen LogP contribution in [-0.2, 0) is 10.0 Å². The van der Waals surface area contributed by atoms with E-state index in [1.54, 1.807) is 11.4 Å². The summed E-state index contributed by atoms with van der Waals surface area (Å²) in [5.41, 5.74) is 1.12. The Morgan fingerprint density at radius 3 is 2.48 bits per heavy atom. The summed E-state index contributed by atoms with van der Waals surface area (Å²) < 4.78 is 31.1. The maximum absolute atomic E-state index is 11.9. The van der Waals surface area contributed by atoms with Gasteiger partial charge in [0, 0.05) is 26.2 Å². The van der Waals surface area contributed by atoms with Crippen LogP contribution in [0.15, 0.2) is 29.3 Å². The molecule has 0 spiro atoms. The number of nitrogens with zero attached hydrogens (tertiary/aromatic N) is 2. The van der Waals surface area contributed by atoms with Crippen molar-refractivity contribution >= 4 is 40.0 Å². The minimum Gasteiger partial charge on any atom is -0.493 e. The largest absolute Gasteiger partial charge is 0.493 e. The van der Waals surface area contributed by atoms with Crippen LogP contribution in [0.4, 0.5) is 0 Å². The zero-order valence-electron chi connectivity index (χ0n) is 18.0. The summed E-state index contributed by atoms with van der Waals surface area (Å²) >= 11 is 0. The average molecular weight is 538 g/mol. The van der Waals surface area contributed by atoms with Crippen molar-refractivity contribution in [2.45, 2.75) is 45.7 Å². The minimum atomic E-state index is -3.17. The fourth-order valence-electron chi connectivity index (χ4n) is 3.26. The van der Waals surface area contributed by atoms with Crippen LogP contribution in [0.2, 0.25) is 0 Å². The number of rotatable bonds is 8. The van der Waals surface area contributed by atoms with Crippen molar-refractivity contribution in [2.75, 3.05) is 33.0 Å². The Kier molecular flexibility index (Phi) is 10.7. The first kappa shape index (κ1) is 26.0. The van der Waals surface area contributed by atoms with Gasteiger partial charge in [-0.1, -0.05) is 26.0 Å². The van der Waals surface area contributed by atoms with Crippen molar-refractivity contribution in [3.63, 3.8) is 0 Å². The van der Waals surface area contributed by atoms with E-state index in [0.29, 0.717) is 31.6 Å². The maximum Gasteiger partial charge on any atom is 0.211 e. The number of aliphatic imine (C=N–C) groups is 1. The monoisotopic (exact) mass is 538 g/mol. The van der Waals surface area contributed by atoms with E-state index < -0.39 is 10.0 Å². The second-order valence-electron chi connectivity index (χ2n) is 7.76. The van der Waals surface area contributed by atoms with Crippen molar-refractivity contribution in [3.05, 3.63) is 29.8 Å². The molecule has 1 aliphatic rings. The molecule has 0 saturated carbocycles. The lowest BCUT2D eigenvalue weighted by Gasteiger charge is -2.24. The number of guanidine groups is 1. The van der Waals surface area contributed by atoms with Crippen molar-refractivity contribution in [3.8, 4) is 5.75 Å². The average Bonchev–Trinajstić information content (AvgIpc) is 3.12. The van der Waals surface area contributed by atoms with E-state index in [1.807, 2.05) is 24.3 Å². The Bertz CT molecular complexity index is 753. The lowest BCUT2D eigenvalue weighted by atomic mass is 10.1. The molecule has 1 aromatic carbocycles. The first-order chi connectivity index (χ1) is 13.2. The topological polar surface area (TPSA) is 83.0 Å². The van der Waals surface area contributed by atoms with E-state index in [4.69, 9.17) is 4.74 Å². The summed E-state index contributed by atoms with van der Waals surface area (Å²) in [6, 6.07) is 8.08. The summed E-state index contributed by atoms with van der Waals surface area (Å²) in [6.45, 7) is 8.16. The second-order valence-corrected chi connectivity index (χ2v) is 9.70. The van der Waals surface area contributed by atoms with Gasteiger partial charge < -0.3 is 15.4 Å². The molecule has 9 heteroatoms. The van der Waals surface area contributed by atoms with E-state index in [9.17, 15) is 8.42 Å². The molecule has 2 N–H and O–H groups in total. The fourth-order valence-corrected chi connectivity index (χ4v) is 4.45. The predicted molar refractivity (Wildman–Crippen MR) is 130 cm³/mol. The van der Waals surface area contributed by atoms with Gasteiger partial charge in [-0.2, -0.15) is 4.31 Å². The lowest BCUT2D eigenvalue weighted by molar-refractivity contribution is 0.271. The van der Waals surface area contributed by atoms with Gasteiger partial charge in [-0.25, -0.2) is 8.42 Å². The smallest absolute Gasteiger partial charge is 0.211 e. The number of ether oxygens (including phenoxy) is 1. The van der Waals surface area contributed by atoms with Gasteiger partial charge in [0.25, 0.3) is 0 Å². The van der Waals surface area contributed by atoms with Gasteiger partial charge in [-0.05, 0) is 43.4 Å². The zero-order chi connectivity index (χ0) is 20.7. The van der Waals surface area contributed by atoms with Crippen LogP contribution in [0.3, 0.4) is 0 Å². The highest BCUT2D eigenvalue weighted by molar-refractivity contribution is 14.0. The molecule has 0 bridgehead atoms. The molecule has 7 nitrogen and oxygen atoms in total. The van der Waals surface area contributed by atoms with Crippen LogP contribution >= 0.6 is 24.0 Å².